The Morgan fingerprint density at radius 1 is 1.24 bits per heavy atom. The Balaban J connectivity index is 2.18. The number of carbonyl (C=O) groups is 1. The monoisotopic (exact) mass is 367 g/mol. The molecule has 1 aromatic rings. The van der Waals surface area contributed by atoms with Gasteiger partial charge in [-0.2, -0.15) is 13.2 Å². The summed E-state index contributed by atoms with van der Waals surface area (Å²) >= 11 is 3.43. The van der Waals surface area contributed by atoms with E-state index < -0.39 is 29.0 Å². The van der Waals surface area contributed by atoms with Gasteiger partial charge >= 0.3 is 6.18 Å². The molecule has 0 bridgehead atoms. The normalized spacial score (nSPS) is 22.9. The Morgan fingerprint density at radius 3 is 2.52 bits per heavy atom. The first kappa shape index (κ1) is 16.3. The third kappa shape index (κ3) is 3.96. The molecule has 1 N–H and O–H groups in total. The van der Waals surface area contributed by atoms with Gasteiger partial charge in [0.2, 0.25) is 0 Å². The van der Waals surface area contributed by atoms with Gasteiger partial charge in [-0.3, -0.25) is 4.79 Å². The molecule has 2 unspecified atom stereocenters. The van der Waals surface area contributed by atoms with Crippen LogP contribution < -0.4 is 5.32 Å². The predicted octanol–water partition coefficient (Wildman–Crippen LogP) is 4.28. The Hall–Kier alpha value is -1.11. The summed E-state index contributed by atoms with van der Waals surface area (Å²) in [6, 6.07) is 1.65. The summed E-state index contributed by atoms with van der Waals surface area (Å²) in [5.74, 6) is -1.77. The number of nitrogens with one attached hydrogen (secondary N) is 1. The maximum absolute atomic E-state index is 13.6. The molecule has 2 nitrogen and oxygen atoms in total. The first-order chi connectivity index (χ1) is 9.79. The Morgan fingerprint density at radius 2 is 1.90 bits per heavy atom. The lowest BCUT2D eigenvalue weighted by molar-refractivity contribution is -0.137. The highest BCUT2D eigenvalue weighted by atomic mass is 79.9. The van der Waals surface area contributed by atoms with Gasteiger partial charge in [0.25, 0.3) is 5.91 Å². The average Bonchev–Trinajstić information content (AvgIpc) is 2.40. The molecular formula is C14H14BrF4NO. The molecule has 0 heterocycles. The van der Waals surface area contributed by atoms with Crippen LogP contribution in [0.1, 0.15) is 41.6 Å². The third-order valence-electron chi connectivity index (χ3n) is 3.54. The molecule has 21 heavy (non-hydrogen) atoms. The number of rotatable bonds is 2. The quantitative estimate of drug-likeness (QED) is 0.613. The van der Waals surface area contributed by atoms with Crippen LogP contribution in [0.5, 0.6) is 0 Å². The zero-order valence-electron chi connectivity index (χ0n) is 11.0. The van der Waals surface area contributed by atoms with Crippen molar-refractivity contribution in [3.63, 3.8) is 0 Å². The van der Waals surface area contributed by atoms with Crippen molar-refractivity contribution in [1.82, 2.24) is 5.32 Å². The van der Waals surface area contributed by atoms with Gasteiger partial charge in [0.1, 0.15) is 5.82 Å². The van der Waals surface area contributed by atoms with Crippen molar-refractivity contribution in [2.75, 3.05) is 0 Å². The lowest BCUT2D eigenvalue weighted by atomic mass is 9.95. The Kier molecular flexibility index (Phi) is 4.91. The fraction of sp³-hybridized carbons (Fsp3) is 0.500. The van der Waals surface area contributed by atoms with Crippen LogP contribution in [0.2, 0.25) is 0 Å². The molecule has 1 fully saturated rings. The number of amides is 1. The molecule has 0 saturated heterocycles. The van der Waals surface area contributed by atoms with Gasteiger partial charge in [0.15, 0.2) is 0 Å². The molecule has 7 heteroatoms. The standard InChI is InChI=1S/C14H14BrF4NO/c15-10-3-1-2-4-12(10)20-13(21)9-7-8(14(17,18)19)5-6-11(9)16/h5-7,10,12H,1-4H2,(H,20,21). The Bertz CT molecular complexity index is 532. The van der Waals surface area contributed by atoms with Gasteiger partial charge in [-0.1, -0.05) is 28.8 Å². The maximum atomic E-state index is 13.6. The summed E-state index contributed by atoms with van der Waals surface area (Å²) in [5.41, 5.74) is -1.61. The van der Waals surface area contributed by atoms with Crippen molar-refractivity contribution in [2.24, 2.45) is 0 Å². The van der Waals surface area contributed by atoms with Gasteiger partial charge in [0.05, 0.1) is 11.1 Å². The predicted molar refractivity (Wildman–Crippen MR) is 73.8 cm³/mol. The van der Waals surface area contributed by atoms with E-state index in [0.29, 0.717) is 18.2 Å². The van der Waals surface area contributed by atoms with Crippen molar-refractivity contribution in [1.29, 1.82) is 0 Å². The molecule has 0 aromatic heterocycles. The highest BCUT2D eigenvalue weighted by molar-refractivity contribution is 9.09. The molecule has 2 atom stereocenters. The fourth-order valence-electron chi connectivity index (χ4n) is 2.37. The second-order valence-corrected chi connectivity index (χ2v) is 6.25. The average molecular weight is 368 g/mol. The minimum atomic E-state index is -4.61. The number of halogens is 5. The molecule has 0 aliphatic heterocycles. The molecule has 1 amide bonds. The van der Waals surface area contributed by atoms with Crippen molar-refractivity contribution < 1.29 is 22.4 Å². The van der Waals surface area contributed by atoms with Crippen LogP contribution in [0.4, 0.5) is 17.6 Å². The van der Waals surface area contributed by atoms with Crippen molar-refractivity contribution in [3.8, 4) is 0 Å². The molecule has 2 rings (SSSR count). The maximum Gasteiger partial charge on any atom is 0.416 e. The van der Waals surface area contributed by atoms with Gasteiger partial charge in [0, 0.05) is 10.9 Å². The van der Waals surface area contributed by atoms with E-state index in [1.165, 1.54) is 0 Å². The molecule has 0 radical (unpaired) electrons. The largest absolute Gasteiger partial charge is 0.416 e. The van der Waals surface area contributed by atoms with E-state index in [9.17, 15) is 22.4 Å². The number of carbonyl (C=O) groups excluding carboxylic acids is 1. The topological polar surface area (TPSA) is 29.1 Å². The molecule has 0 spiro atoms. The van der Waals surface area contributed by atoms with Crippen molar-refractivity contribution >= 4 is 21.8 Å². The highest BCUT2D eigenvalue weighted by Crippen LogP contribution is 2.30. The zero-order valence-corrected chi connectivity index (χ0v) is 12.6. The molecular weight excluding hydrogens is 354 g/mol. The first-order valence-electron chi connectivity index (χ1n) is 6.60. The van der Waals surface area contributed by atoms with Crippen LogP contribution in [0.15, 0.2) is 18.2 Å². The summed E-state index contributed by atoms with van der Waals surface area (Å²) < 4.78 is 51.5. The molecule has 1 aliphatic rings. The summed E-state index contributed by atoms with van der Waals surface area (Å²) in [4.78, 5) is 12.1. The summed E-state index contributed by atoms with van der Waals surface area (Å²) in [7, 11) is 0. The van der Waals surface area contributed by atoms with Gasteiger partial charge in [-0.05, 0) is 31.0 Å². The van der Waals surface area contributed by atoms with E-state index in [0.717, 1.165) is 25.7 Å². The SMILES string of the molecule is O=C(NC1CCCCC1Br)c1cc(C(F)(F)F)ccc1F. The van der Waals surface area contributed by atoms with Crippen molar-refractivity contribution in [3.05, 3.63) is 35.1 Å². The molecule has 1 aromatic carbocycles. The number of hydrogen-bond donors (Lipinski definition) is 1. The zero-order chi connectivity index (χ0) is 15.6. The van der Waals surface area contributed by atoms with E-state index in [2.05, 4.69) is 21.2 Å². The Labute approximate surface area is 128 Å². The smallest absolute Gasteiger partial charge is 0.348 e. The fourth-order valence-corrected chi connectivity index (χ4v) is 3.09. The van der Waals surface area contributed by atoms with Crippen molar-refractivity contribution in [2.45, 2.75) is 42.7 Å². The van der Waals surface area contributed by atoms with Crippen LogP contribution in [0.25, 0.3) is 0 Å². The molecule has 1 aliphatic carbocycles. The van der Waals surface area contributed by atoms with Gasteiger partial charge in [-0.25, -0.2) is 4.39 Å². The van der Waals surface area contributed by atoms with Crippen LogP contribution in [-0.4, -0.2) is 16.8 Å². The summed E-state index contributed by atoms with van der Waals surface area (Å²) in [6.45, 7) is 0. The first-order valence-corrected chi connectivity index (χ1v) is 7.52. The van der Waals surface area contributed by atoms with E-state index in [1.807, 2.05) is 0 Å². The van der Waals surface area contributed by atoms with E-state index >= 15 is 0 Å². The number of alkyl halides is 4. The summed E-state index contributed by atoms with van der Waals surface area (Å²) in [6.07, 6.45) is -1.05. The minimum Gasteiger partial charge on any atom is -0.348 e. The number of benzene rings is 1. The second kappa shape index (κ2) is 6.34. The van der Waals surface area contributed by atoms with Gasteiger partial charge in [-0.15, -0.1) is 0 Å². The van der Waals surface area contributed by atoms with E-state index in [4.69, 9.17) is 0 Å². The lowest BCUT2D eigenvalue weighted by Gasteiger charge is -2.28. The summed E-state index contributed by atoms with van der Waals surface area (Å²) in [5, 5.41) is 2.61. The van der Waals surface area contributed by atoms with Crippen LogP contribution >= 0.6 is 15.9 Å². The van der Waals surface area contributed by atoms with Crippen LogP contribution in [-0.2, 0) is 6.18 Å². The van der Waals surface area contributed by atoms with Crippen LogP contribution in [0.3, 0.4) is 0 Å². The van der Waals surface area contributed by atoms with Crippen LogP contribution in [0, 0.1) is 5.82 Å². The van der Waals surface area contributed by atoms with Gasteiger partial charge < -0.3 is 5.32 Å². The highest BCUT2D eigenvalue weighted by Gasteiger charge is 2.32. The van der Waals surface area contributed by atoms with E-state index in [-0.39, 0.29) is 10.9 Å². The van der Waals surface area contributed by atoms with E-state index in [1.54, 1.807) is 0 Å². The third-order valence-corrected chi connectivity index (χ3v) is 4.63. The lowest BCUT2D eigenvalue weighted by Crippen LogP contribution is -2.42. The molecule has 116 valence electrons. The molecule has 1 saturated carbocycles. The second-order valence-electron chi connectivity index (χ2n) is 5.07. The number of hydrogen-bond acceptors (Lipinski definition) is 1. The minimum absolute atomic E-state index is 0.0593.